The fourth-order valence-corrected chi connectivity index (χ4v) is 3.92. The second-order valence-electron chi connectivity index (χ2n) is 5.37. The lowest BCUT2D eigenvalue weighted by atomic mass is 9.87. The van der Waals surface area contributed by atoms with Crippen LogP contribution < -0.4 is 5.32 Å². The molecule has 0 aromatic heterocycles. The summed E-state index contributed by atoms with van der Waals surface area (Å²) in [6, 6.07) is 11.2. The van der Waals surface area contributed by atoms with Crippen molar-refractivity contribution in [3.05, 3.63) is 29.8 Å². The molecular formula is C16H22N2S. The summed E-state index contributed by atoms with van der Waals surface area (Å²) in [7, 11) is 1.93. The van der Waals surface area contributed by atoms with E-state index in [-0.39, 0.29) is 5.54 Å². The number of thioether (sulfide) groups is 1. The van der Waals surface area contributed by atoms with Crippen LogP contribution >= 0.6 is 11.8 Å². The van der Waals surface area contributed by atoms with Crippen LogP contribution in [0.15, 0.2) is 29.2 Å². The average molecular weight is 274 g/mol. The number of hydrogen-bond donors (Lipinski definition) is 1. The molecule has 102 valence electrons. The number of nitrogens with one attached hydrogen (secondary N) is 1. The smallest absolute Gasteiger partial charge is 0.109 e. The van der Waals surface area contributed by atoms with E-state index in [1.54, 1.807) is 0 Å². The maximum atomic E-state index is 9.41. The highest BCUT2D eigenvalue weighted by molar-refractivity contribution is 7.99. The fraction of sp³-hybridized carbons (Fsp3) is 0.562. The van der Waals surface area contributed by atoms with Gasteiger partial charge in [0.25, 0.3) is 0 Å². The highest BCUT2D eigenvalue weighted by atomic mass is 32.2. The van der Waals surface area contributed by atoms with E-state index in [0.29, 0.717) is 5.92 Å². The van der Waals surface area contributed by atoms with Gasteiger partial charge in [0.15, 0.2) is 0 Å². The summed E-state index contributed by atoms with van der Waals surface area (Å²) in [6.45, 7) is 2.11. The first kappa shape index (κ1) is 14.4. The predicted molar refractivity (Wildman–Crippen MR) is 81.3 cm³/mol. The summed E-state index contributed by atoms with van der Waals surface area (Å²) in [5.74, 6) is 1.60. The minimum atomic E-state index is -0.270. The van der Waals surface area contributed by atoms with Gasteiger partial charge in [0, 0.05) is 4.90 Å². The van der Waals surface area contributed by atoms with Crippen molar-refractivity contribution < 1.29 is 0 Å². The van der Waals surface area contributed by atoms with Gasteiger partial charge in [-0.05, 0) is 57.0 Å². The Kier molecular flexibility index (Phi) is 4.90. The molecule has 0 saturated heterocycles. The quantitative estimate of drug-likeness (QED) is 0.830. The zero-order chi connectivity index (χ0) is 13.7. The Labute approximate surface area is 120 Å². The van der Waals surface area contributed by atoms with Gasteiger partial charge in [-0.25, -0.2) is 0 Å². The molecule has 0 spiro atoms. The lowest BCUT2D eigenvalue weighted by Gasteiger charge is -2.28. The van der Waals surface area contributed by atoms with E-state index >= 15 is 0 Å². The molecule has 0 bridgehead atoms. The molecule has 2 rings (SSSR count). The molecule has 1 aromatic carbocycles. The van der Waals surface area contributed by atoms with Crippen molar-refractivity contribution in [3.63, 3.8) is 0 Å². The predicted octanol–water partition coefficient (Wildman–Crippen LogP) is 3.76. The van der Waals surface area contributed by atoms with Crippen LogP contribution in [-0.2, 0) is 0 Å². The van der Waals surface area contributed by atoms with Gasteiger partial charge in [-0.15, -0.1) is 11.8 Å². The van der Waals surface area contributed by atoms with Gasteiger partial charge < -0.3 is 5.32 Å². The maximum Gasteiger partial charge on any atom is 0.109 e. The van der Waals surface area contributed by atoms with Gasteiger partial charge in [0.2, 0.25) is 0 Å². The minimum Gasteiger partial charge on any atom is -0.302 e. The highest BCUT2D eigenvalue weighted by Crippen LogP contribution is 2.38. The van der Waals surface area contributed by atoms with Crippen LogP contribution in [0.2, 0.25) is 0 Å². The zero-order valence-corrected chi connectivity index (χ0v) is 12.6. The second kappa shape index (κ2) is 6.45. The van der Waals surface area contributed by atoms with E-state index in [4.69, 9.17) is 0 Å². The van der Waals surface area contributed by atoms with Crippen molar-refractivity contribution in [2.24, 2.45) is 5.92 Å². The Hall–Kier alpha value is -0.980. The van der Waals surface area contributed by atoms with E-state index in [1.807, 2.05) is 18.8 Å². The summed E-state index contributed by atoms with van der Waals surface area (Å²) in [6.07, 6.45) is 4.48. The SMILES string of the molecule is CNC1(C#N)CCCC1CCSc1ccc(C)cc1. The number of nitrogens with zero attached hydrogens (tertiary/aromatic N) is 1. The molecule has 1 aromatic rings. The monoisotopic (exact) mass is 274 g/mol. The number of aryl methyl sites for hydroxylation is 1. The van der Waals surface area contributed by atoms with Crippen molar-refractivity contribution >= 4 is 11.8 Å². The third kappa shape index (κ3) is 3.32. The zero-order valence-electron chi connectivity index (χ0n) is 11.8. The van der Waals surface area contributed by atoms with Crippen molar-refractivity contribution in [2.75, 3.05) is 12.8 Å². The molecule has 0 radical (unpaired) electrons. The summed E-state index contributed by atoms with van der Waals surface area (Å²) >= 11 is 1.90. The van der Waals surface area contributed by atoms with Crippen molar-refractivity contribution in [1.29, 1.82) is 5.26 Å². The van der Waals surface area contributed by atoms with Gasteiger partial charge in [0.1, 0.15) is 5.54 Å². The molecule has 1 aliphatic rings. The third-order valence-corrected chi connectivity index (χ3v) is 5.27. The highest BCUT2D eigenvalue weighted by Gasteiger charge is 2.41. The standard InChI is InChI=1S/C16H22N2S/c1-13-5-7-15(8-6-13)19-11-9-14-4-3-10-16(14,12-17)18-2/h5-8,14,18H,3-4,9-11H2,1-2H3. The first-order valence-corrected chi connectivity index (χ1v) is 7.98. The average Bonchev–Trinajstić information content (AvgIpc) is 2.84. The second-order valence-corrected chi connectivity index (χ2v) is 6.54. The van der Waals surface area contributed by atoms with Crippen LogP contribution in [0.4, 0.5) is 0 Å². The molecule has 1 saturated carbocycles. The first-order valence-electron chi connectivity index (χ1n) is 7.00. The van der Waals surface area contributed by atoms with Gasteiger partial charge >= 0.3 is 0 Å². The third-order valence-electron chi connectivity index (χ3n) is 4.22. The molecule has 2 unspecified atom stereocenters. The van der Waals surface area contributed by atoms with Crippen LogP contribution in [0.1, 0.15) is 31.2 Å². The first-order chi connectivity index (χ1) is 9.20. The molecule has 2 atom stereocenters. The van der Waals surface area contributed by atoms with Crippen LogP contribution in [-0.4, -0.2) is 18.3 Å². The molecule has 1 aliphatic carbocycles. The molecule has 1 fully saturated rings. The summed E-state index contributed by atoms with van der Waals surface area (Å²) in [5, 5.41) is 12.7. The Morgan fingerprint density at radius 2 is 2.16 bits per heavy atom. The van der Waals surface area contributed by atoms with Crippen molar-refractivity contribution in [1.82, 2.24) is 5.32 Å². The van der Waals surface area contributed by atoms with Gasteiger partial charge in [0.05, 0.1) is 6.07 Å². The molecule has 0 amide bonds. The normalized spacial score (nSPS) is 26.3. The summed E-state index contributed by atoms with van der Waals surface area (Å²) in [5.41, 5.74) is 1.03. The van der Waals surface area contributed by atoms with Crippen LogP contribution in [0.25, 0.3) is 0 Å². The Bertz CT molecular complexity index is 449. The molecular weight excluding hydrogens is 252 g/mol. The van der Waals surface area contributed by atoms with Gasteiger partial charge in [-0.1, -0.05) is 24.1 Å². The molecule has 1 N–H and O–H groups in total. The van der Waals surface area contributed by atoms with Gasteiger partial charge in [-0.2, -0.15) is 5.26 Å². The summed E-state index contributed by atoms with van der Waals surface area (Å²) in [4.78, 5) is 1.33. The molecule has 3 heteroatoms. The van der Waals surface area contributed by atoms with E-state index in [0.717, 1.165) is 18.6 Å². The topological polar surface area (TPSA) is 35.8 Å². The molecule has 19 heavy (non-hydrogen) atoms. The van der Waals surface area contributed by atoms with Crippen LogP contribution in [0, 0.1) is 24.2 Å². The molecule has 0 heterocycles. The van der Waals surface area contributed by atoms with E-state index < -0.39 is 0 Å². The van der Waals surface area contributed by atoms with Crippen LogP contribution in [0.5, 0.6) is 0 Å². The van der Waals surface area contributed by atoms with Crippen molar-refractivity contribution in [2.45, 2.75) is 43.0 Å². The van der Waals surface area contributed by atoms with E-state index in [9.17, 15) is 5.26 Å². The minimum absolute atomic E-state index is 0.270. The molecule has 0 aliphatic heterocycles. The summed E-state index contributed by atoms with van der Waals surface area (Å²) < 4.78 is 0. The van der Waals surface area contributed by atoms with Gasteiger partial charge in [-0.3, -0.25) is 0 Å². The number of hydrogen-bond acceptors (Lipinski definition) is 3. The number of benzene rings is 1. The lowest BCUT2D eigenvalue weighted by Crippen LogP contribution is -2.44. The Balaban J connectivity index is 1.86. The fourth-order valence-electron chi connectivity index (χ4n) is 2.95. The number of rotatable bonds is 5. The van der Waals surface area contributed by atoms with Crippen molar-refractivity contribution in [3.8, 4) is 6.07 Å². The van der Waals surface area contributed by atoms with E-state index in [2.05, 4.69) is 42.6 Å². The Morgan fingerprint density at radius 3 is 2.79 bits per heavy atom. The lowest BCUT2D eigenvalue weighted by molar-refractivity contribution is 0.332. The number of nitriles is 1. The molecule has 2 nitrogen and oxygen atoms in total. The maximum absolute atomic E-state index is 9.41. The largest absolute Gasteiger partial charge is 0.302 e. The van der Waals surface area contributed by atoms with E-state index in [1.165, 1.54) is 23.3 Å². The van der Waals surface area contributed by atoms with Crippen LogP contribution in [0.3, 0.4) is 0 Å². The Morgan fingerprint density at radius 1 is 1.42 bits per heavy atom.